The molecule has 4 nitrogen and oxygen atoms in total. The Hall–Kier alpha value is -1.19. The van der Waals surface area contributed by atoms with E-state index in [0.717, 1.165) is 44.9 Å². The Bertz CT molecular complexity index is 329. The van der Waals surface area contributed by atoms with Gasteiger partial charge in [0.15, 0.2) is 6.29 Å². The van der Waals surface area contributed by atoms with Gasteiger partial charge >= 0.3 is 0 Å². The third kappa shape index (κ3) is 15.7. The molecule has 0 amide bonds. The molecule has 0 rings (SSSR count). The summed E-state index contributed by atoms with van der Waals surface area (Å²) in [5.74, 6) is 0. The monoisotopic (exact) mass is 338 g/mol. The third-order valence-corrected chi connectivity index (χ3v) is 4.38. The Morgan fingerprint density at radius 3 is 2.12 bits per heavy atom. The number of rotatable bonds is 18. The summed E-state index contributed by atoms with van der Waals surface area (Å²) < 4.78 is 0. The Kier molecular flexibility index (Phi) is 17.3. The lowest BCUT2D eigenvalue weighted by molar-refractivity contribution is -0.510. The zero-order valence-electron chi connectivity index (χ0n) is 15.5. The fourth-order valence-corrected chi connectivity index (χ4v) is 2.83. The van der Waals surface area contributed by atoms with Gasteiger partial charge in [-0.05, 0) is 31.8 Å². The van der Waals surface area contributed by atoms with Crippen LogP contribution >= 0.6 is 0 Å². The van der Waals surface area contributed by atoms with E-state index in [2.05, 4.69) is 6.92 Å². The normalized spacial score (nSPS) is 12.5. The zero-order valence-corrected chi connectivity index (χ0v) is 15.5. The van der Waals surface area contributed by atoms with E-state index in [1.54, 1.807) is 6.08 Å². The molecule has 0 aliphatic carbocycles. The third-order valence-electron chi connectivity index (χ3n) is 4.38. The fourth-order valence-electron chi connectivity index (χ4n) is 2.83. The van der Waals surface area contributed by atoms with Crippen molar-refractivity contribution in [2.75, 3.05) is 0 Å². The van der Waals surface area contributed by atoms with Crippen molar-refractivity contribution in [3.05, 3.63) is 22.3 Å². The van der Waals surface area contributed by atoms with E-state index in [-0.39, 0.29) is 4.92 Å². The molecule has 1 radical (unpaired) electrons. The lowest BCUT2D eigenvalue weighted by Gasteiger charge is -2.05. The van der Waals surface area contributed by atoms with Crippen molar-refractivity contribution in [3.63, 3.8) is 0 Å². The van der Waals surface area contributed by atoms with E-state index >= 15 is 0 Å². The first-order chi connectivity index (χ1) is 11.7. The molecule has 1 atom stereocenters. The van der Waals surface area contributed by atoms with E-state index in [4.69, 9.17) is 0 Å². The molecule has 139 valence electrons. The smallest absolute Gasteiger partial charge is 0.231 e. The van der Waals surface area contributed by atoms with Crippen LogP contribution in [-0.4, -0.2) is 17.3 Å². The van der Waals surface area contributed by atoms with E-state index in [1.807, 2.05) is 12.4 Å². The minimum Gasteiger partial charge on any atom is -0.291 e. The van der Waals surface area contributed by atoms with Crippen molar-refractivity contribution in [2.45, 2.75) is 109 Å². The SMILES string of the molecule is CCCCCCCCCCC(/C=C/CCCCCC[C]=O)[N+](=O)[O-]. The second kappa shape index (κ2) is 18.2. The minimum absolute atomic E-state index is 0.155. The van der Waals surface area contributed by atoms with Crippen LogP contribution in [0.3, 0.4) is 0 Å². The molecule has 0 aromatic rings. The number of hydrogen-bond acceptors (Lipinski definition) is 3. The van der Waals surface area contributed by atoms with Crippen LogP contribution in [-0.2, 0) is 4.79 Å². The first-order valence-corrected chi connectivity index (χ1v) is 9.87. The number of carbonyl (C=O) groups excluding carboxylic acids is 1. The molecule has 0 aromatic carbocycles. The maximum atomic E-state index is 11.1. The maximum Gasteiger partial charge on any atom is 0.231 e. The Morgan fingerprint density at radius 2 is 1.50 bits per heavy atom. The molecule has 1 unspecified atom stereocenters. The quantitative estimate of drug-likeness (QED) is 0.130. The number of nitrogens with zero attached hydrogens (tertiary/aromatic N) is 1. The van der Waals surface area contributed by atoms with Gasteiger partial charge in [0, 0.05) is 17.8 Å². The van der Waals surface area contributed by atoms with Crippen LogP contribution < -0.4 is 0 Å². The number of hydrogen-bond donors (Lipinski definition) is 0. The van der Waals surface area contributed by atoms with Crippen LogP contribution in [0, 0.1) is 10.1 Å². The van der Waals surface area contributed by atoms with Gasteiger partial charge in [0.05, 0.1) is 0 Å². The molecule has 0 fully saturated rings. The summed E-state index contributed by atoms with van der Waals surface area (Å²) in [6.45, 7) is 2.22. The molecule has 0 spiro atoms. The second-order valence-electron chi connectivity index (χ2n) is 6.64. The predicted molar refractivity (Wildman–Crippen MR) is 101 cm³/mol. The summed E-state index contributed by atoms with van der Waals surface area (Å²) in [4.78, 5) is 21.0. The van der Waals surface area contributed by atoms with Crippen LogP contribution in [0.5, 0.6) is 0 Å². The summed E-state index contributed by atoms with van der Waals surface area (Å²) in [5, 5.41) is 11.1. The van der Waals surface area contributed by atoms with Crippen LogP contribution in [0.4, 0.5) is 0 Å². The Labute approximate surface area is 148 Å². The van der Waals surface area contributed by atoms with Crippen molar-refractivity contribution in [3.8, 4) is 0 Å². The number of allylic oxidation sites excluding steroid dienone is 1. The maximum absolute atomic E-state index is 11.1. The Morgan fingerprint density at radius 1 is 0.917 bits per heavy atom. The molecule has 4 heteroatoms. The van der Waals surface area contributed by atoms with Gasteiger partial charge in [0.2, 0.25) is 6.04 Å². The summed E-state index contributed by atoms with van der Waals surface area (Å²) in [6.07, 6.45) is 21.5. The average molecular weight is 339 g/mol. The molecular weight excluding hydrogens is 302 g/mol. The molecule has 0 saturated heterocycles. The van der Waals surface area contributed by atoms with Crippen LogP contribution in [0.2, 0.25) is 0 Å². The van der Waals surface area contributed by atoms with Gasteiger partial charge in [-0.1, -0.05) is 70.8 Å². The van der Waals surface area contributed by atoms with E-state index in [1.165, 1.54) is 38.5 Å². The summed E-state index contributed by atoms with van der Waals surface area (Å²) >= 11 is 0. The fraction of sp³-hybridized carbons (Fsp3) is 0.850. The number of nitro groups is 1. The van der Waals surface area contributed by atoms with Crippen LogP contribution in [0.15, 0.2) is 12.2 Å². The van der Waals surface area contributed by atoms with Gasteiger partial charge in [-0.15, -0.1) is 0 Å². The second-order valence-corrected chi connectivity index (χ2v) is 6.64. The molecule has 0 bridgehead atoms. The first-order valence-electron chi connectivity index (χ1n) is 9.87. The predicted octanol–water partition coefficient (Wildman–Crippen LogP) is 6.17. The average Bonchev–Trinajstić information content (AvgIpc) is 2.57. The molecular formula is C20H36NO3. The van der Waals surface area contributed by atoms with Gasteiger partial charge in [-0.25, -0.2) is 0 Å². The van der Waals surface area contributed by atoms with Gasteiger partial charge in [-0.2, -0.15) is 0 Å². The number of unbranched alkanes of at least 4 members (excludes halogenated alkanes) is 12. The van der Waals surface area contributed by atoms with Gasteiger partial charge in [0.25, 0.3) is 0 Å². The standard InChI is InChI=1S/C20H36NO3/c1-2-3-4-5-6-8-11-14-17-20(21(23)24)18-15-12-9-7-10-13-16-19-22/h15,18,20H,2-14,16-17H2,1H3/b18-15+. The van der Waals surface area contributed by atoms with Crippen molar-refractivity contribution in [1.29, 1.82) is 0 Å². The van der Waals surface area contributed by atoms with Crippen molar-refractivity contribution >= 4 is 6.29 Å². The largest absolute Gasteiger partial charge is 0.291 e. The van der Waals surface area contributed by atoms with Crippen molar-refractivity contribution < 1.29 is 9.72 Å². The zero-order chi connectivity index (χ0) is 17.9. The molecule has 0 heterocycles. The van der Waals surface area contributed by atoms with Crippen molar-refractivity contribution in [2.24, 2.45) is 0 Å². The Balaban J connectivity index is 3.64. The lowest BCUT2D eigenvalue weighted by Crippen LogP contribution is -2.16. The molecule has 0 aliphatic heterocycles. The van der Waals surface area contributed by atoms with Crippen LogP contribution in [0.25, 0.3) is 0 Å². The molecule has 0 saturated carbocycles. The van der Waals surface area contributed by atoms with E-state index in [0.29, 0.717) is 12.8 Å². The first kappa shape index (κ1) is 22.8. The van der Waals surface area contributed by atoms with E-state index < -0.39 is 6.04 Å². The summed E-state index contributed by atoms with van der Waals surface area (Å²) in [5.41, 5.74) is 0. The summed E-state index contributed by atoms with van der Waals surface area (Å²) in [6, 6.07) is -0.519. The van der Waals surface area contributed by atoms with E-state index in [9.17, 15) is 14.9 Å². The van der Waals surface area contributed by atoms with Crippen molar-refractivity contribution in [1.82, 2.24) is 0 Å². The molecule has 0 aromatic heterocycles. The van der Waals surface area contributed by atoms with Gasteiger partial charge in [-0.3, -0.25) is 14.9 Å². The molecule has 0 aliphatic rings. The minimum atomic E-state index is -0.519. The molecule has 0 N–H and O–H groups in total. The highest BCUT2D eigenvalue weighted by Gasteiger charge is 2.14. The highest BCUT2D eigenvalue weighted by molar-refractivity contribution is 5.50. The highest BCUT2D eigenvalue weighted by Crippen LogP contribution is 2.13. The van der Waals surface area contributed by atoms with Gasteiger partial charge in [0.1, 0.15) is 0 Å². The van der Waals surface area contributed by atoms with Crippen LogP contribution in [0.1, 0.15) is 103 Å². The van der Waals surface area contributed by atoms with Gasteiger partial charge < -0.3 is 0 Å². The summed E-state index contributed by atoms with van der Waals surface area (Å²) in [7, 11) is 0. The molecule has 24 heavy (non-hydrogen) atoms. The lowest BCUT2D eigenvalue weighted by atomic mass is 10.0. The highest BCUT2D eigenvalue weighted by atomic mass is 16.6. The topological polar surface area (TPSA) is 60.2 Å².